The summed E-state index contributed by atoms with van der Waals surface area (Å²) in [5, 5.41) is 91.4. The van der Waals surface area contributed by atoms with E-state index in [1.54, 1.807) is 57.3 Å². The maximum atomic E-state index is 12.9. The van der Waals surface area contributed by atoms with E-state index in [1.165, 1.54) is 66.7 Å². The normalized spacial score (nSPS) is 12.8. The number of anilines is 1. The smallest absolute Gasteiger partial charge is 0.296 e. The number of hydrogen-bond acceptors (Lipinski definition) is 25. The maximum Gasteiger partial charge on any atom is 0.296 e. The van der Waals surface area contributed by atoms with Crippen molar-refractivity contribution in [3.63, 3.8) is 0 Å². The van der Waals surface area contributed by atoms with E-state index < -0.39 is 82.9 Å². The molecule has 90 heavy (non-hydrogen) atoms. The van der Waals surface area contributed by atoms with E-state index in [9.17, 15) is 72.3 Å². The average molecular weight is 1300 g/mol. The molecule has 0 aliphatic heterocycles. The molecule has 0 aliphatic rings. The number of hydrogen-bond donors (Lipinski definition) is 9. The number of rotatable bonds is 19. The summed E-state index contributed by atoms with van der Waals surface area (Å²) in [6.07, 6.45) is 0. The van der Waals surface area contributed by atoms with Crippen LogP contribution in [0.3, 0.4) is 0 Å². The van der Waals surface area contributed by atoms with Crippen LogP contribution < -0.4 is 14.8 Å². The van der Waals surface area contributed by atoms with Gasteiger partial charge in [-0.3, -0.25) is 18.2 Å². The van der Waals surface area contributed by atoms with Crippen LogP contribution in [0.25, 0.3) is 43.1 Å². The van der Waals surface area contributed by atoms with Crippen LogP contribution in [0.15, 0.2) is 210 Å². The van der Waals surface area contributed by atoms with Gasteiger partial charge < -0.3 is 35.2 Å². The third-order valence-corrected chi connectivity index (χ3v) is 16.8. The summed E-state index contributed by atoms with van der Waals surface area (Å²) in [5.41, 5.74) is -0.438. The van der Waals surface area contributed by atoms with E-state index in [0.717, 1.165) is 30.3 Å². The van der Waals surface area contributed by atoms with Gasteiger partial charge in [0.2, 0.25) is 0 Å². The van der Waals surface area contributed by atoms with Crippen molar-refractivity contribution in [2.75, 3.05) is 25.6 Å². The molecular formula is C57H45N11O18S4. The van der Waals surface area contributed by atoms with Gasteiger partial charge in [0.1, 0.15) is 66.9 Å². The van der Waals surface area contributed by atoms with E-state index in [1.807, 2.05) is 0 Å². The first-order chi connectivity index (χ1) is 42.6. The Morgan fingerprint density at radius 3 is 1.49 bits per heavy atom. The minimum atomic E-state index is -5.13. The van der Waals surface area contributed by atoms with Crippen LogP contribution in [0.2, 0.25) is 0 Å². The topological polar surface area (TPSA) is 452 Å². The Labute approximate surface area is 509 Å². The van der Waals surface area contributed by atoms with Gasteiger partial charge in [0.25, 0.3) is 40.5 Å². The summed E-state index contributed by atoms with van der Waals surface area (Å²) < 4.78 is 149. The highest BCUT2D eigenvalue weighted by Crippen LogP contribution is 2.48. The van der Waals surface area contributed by atoms with Crippen LogP contribution in [-0.2, 0) is 40.5 Å². The van der Waals surface area contributed by atoms with Crippen molar-refractivity contribution in [1.82, 2.24) is 0 Å². The van der Waals surface area contributed by atoms with Crippen LogP contribution in [0.1, 0.15) is 13.8 Å². The lowest BCUT2D eigenvalue weighted by molar-refractivity contribution is 0.332. The molecule has 0 aromatic heterocycles. The lowest BCUT2D eigenvalue weighted by Crippen LogP contribution is -2.00. The highest BCUT2D eigenvalue weighted by molar-refractivity contribution is 7.86. The van der Waals surface area contributed by atoms with Crippen molar-refractivity contribution in [3.8, 4) is 34.5 Å². The first-order valence-electron chi connectivity index (χ1n) is 26.0. The lowest BCUT2D eigenvalue weighted by atomic mass is 10.1. The molecule has 0 aliphatic carbocycles. The van der Waals surface area contributed by atoms with Gasteiger partial charge in [-0.15, -0.1) is 40.9 Å². The predicted octanol–water partition coefficient (Wildman–Crippen LogP) is 15.0. The van der Waals surface area contributed by atoms with Gasteiger partial charge >= 0.3 is 0 Å². The van der Waals surface area contributed by atoms with Gasteiger partial charge in [-0.1, -0.05) is 30.3 Å². The van der Waals surface area contributed by atoms with Gasteiger partial charge in [0.15, 0.2) is 17.2 Å². The quantitative estimate of drug-likeness (QED) is 0.0268. The standard InChI is InChI=1S/C57H45N11O18S4/c1-4-85-48-28-45(49(86-5-2)27-44(48)64-66-46-25-34(87(73,74)75)20-31-21-35(88(76,77)78)26-47(69)52(31)46)65-68-54-51(90(82,83)84)22-30-11-14-33(24-39(30)57(54)72)60-67-53-36-15-19-43(55(70)37(36)16-18-41(53)58-3)62-59-32-13-10-29-12-17-42(56(71)38(29)23-32)63-61-40-8-6-7-9-50(40)89(79,80)81/h6-28,58,69-72H,4-5H2,1-3H3,(H,73,74,75)(H,76,77,78)(H,79,80,81)(H,82,83,84). The molecule has 0 radical (unpaired) electrons. The predicted molar refractivity (Wildman–Crippen MR) is 327 cm³/mol. The molecule has 10 rings (SSSR count). The molecule has 0 saturated carbocycles. The zero-order chi connectivity index (χ0) is 64.6. The lowest BCUT2D eigenvalue weighted by Gasteiger charge is -2.13. The van der Waals surface area contributed by atoms with Crippen molar-refractivity contribution in [2.45, 2.75) is 33.4 Å². The highest BCUT2D eigenvalue weighted by atomic mass is 32.2. The summed E-state index contributed by atoms with van der Waals surface area (Å²) in [6.45, 7) is 3.19. The van der Waals surface area contributed by atoms with Crippen LogP contribution in [0, 0.1) is 0 Å². The van der Waals surface area contributed by atoms with E-state index in [-0.39, 0.29) is 114 Å². The Morgan fingerprint density at radius 2 is 0.878 bits per heavy atom. The molecule has 0 amide bonds. The number of nitrogens with one attached hydrogen (secondary N) is 1. The number of phenols is 4. The highest BCUT2D eigenvalue weighted by Gasteiger charge is 2.25. The number of ether oxygens (including phenoxy) is 2. The second-order valence-corrected chi connectivity index (χ2v) is 24.7. The van der Waals surface area contributed by atoms with Crippen LogP contribution in [-0.4, -0.2) is 92.6 Å². The molecular weight excluding hydrogens is 1250 g/mol. The SMILES string of the molecule is CCOc1cc(N=Nc2cc(S(=O)(=O)O)cc3cc(S(=O)(=O)O)cc(O)c23)c(OCC)cc1N=Nc1c(S(=O)(=O)O)cc2ccc(N=Nc3c(NC)ccc4c(O)c(N=Nc5ccc6ccc(N=Nc7ccccc7S(=O)(=O)O)c(O)c6c5)ccc34)cc2c1O. The average Bonchev–Trinajstić information content (AvgIpc) is 0.803. The van der Waals surface area contributed by atoms with Crippen molar-refractivity contribution >= 4 is 146 Å². The number of benzene rings is 10. The Bertz CT molecular complexity index is 5280. The molecule has 0 heterocycles. The Hall–Kier alpha value is -10.5. The molecule has 29 nitrogen and oxygen atoms in total. The molecule has 0 atom stereocenters. The summed E-state index contributed by atoms with van der Waals surface area (Å²) in [7, 11) is -18.0. The summed E-state index contributed by atoms with van der Waals surface area (Å²) in [4.78, 5) is -2.91. The van der Waals surface area contributed by atoms with Gasteiger partial charge in [0, 0.05) is 46.8 Å². The minimum Gasteiger partial charge on any atom is -0.507 e. The second-order valence-electron chi connectivity index (χ2n) is 19.1. The van der Waals surface area contributed by atoms with Gasteiger partial charge in [-0.2, -0.15) is 43.9 Å². The first kappa shape index (κ1) is 62.5. The molecule has 0 fully saturated rings. The fourth-order valence-corrected chi connectivity index (χ4v) is 11.5. The third-order valence-electron chi connectivity index (χ3n) is 13.3. The number of fused-ring (bicyclic) bond motifs is 4. The monoisotopic (exact) mass is 1300 g/mol. The van der Waals surface area contributed by atoms with E-state index >= 15 is 0 Å². The van der Waals surface area contributed by atoms with E-state index in [2.05, 4.69) is 56.5 Å². The summed E-state index contributed by atoms with van der Waals surface area (Å²) >= 11 is 0. The van der Waals surface area contributed by atoms with Crippen LogP contribution in [0.5, 0.6) is 34.5 Å². The molecule has 0 unspecified atom stereocenters. The van der Waals surface area contributed by atoms with Crippen molar-refractivity contribution in [3.05, 3.63) is 140 Å². The van der Waals surface area contributed by atoms with Crippen LogP contribution in [0.4, 0.5) is 62.6 Å². The van der Waals surface area contributed by atoms with Crippen molar-refractivity contribution in [2.24, 2.45) is 51.1 Å². The van der Waals surface area contributed by atoms with Gasteiger partial charge in [-0.25, -0.2) is 0 Å². The summed E-state index contributed by atoms with van der Waals surface area (Å²) in [5.74, 6) is -2.32. The van der Waals surface area contributed by atoms with Gasteiger partial charge in [-0.05, 0) is 121 Å². The zero-order valence-corrected chi connectivity index (χ0v) is 49.7. The molecule has 0 spiro atoms. The Morgan fingerprint density at radius 1 is 0.389 bits per heavy atom. The molecule has 0 saturated heterocycles. The molecule has 10 aromatic rings. The fraction of sp³-hybridized carbons (Fsp3) is 0.0877. The molecule has 0 bridgehead atoms. The number of azo groups is 5. The van der Waals surface area contributed by atoms with E-state index in [4.69, 9.17) is 9.47 Å². The fourth-order valence-electron chi connectivity index (χ4n) is 9.19. The number of nitrogens with zero attached hydrogens (tertiary/aromatic N) is 10. The number of aromatic hydroxyl groups is 4. The Balaban J connectivity index is 0.959. The minimum absolute atomic E-state index is 0.00698. The third kappa shape index (κ3) is 13.0. The first-order valence-corrected chi connectivity index (χ1v) is 31.7. The van der Waals surface area contributed by atoms with Gasteiger partial charge in [0.05, 0.1) is 51.1 Å². The zero-order valence-electron chi connectivity index (χ0n) is 46.5. The molecule has 9 N–H and O–H groups in total. The molecule has 33 heteroatoms. The summed E-state index contributed by atoms with van der Waals surface area (Å²) in [6, 6.07) is 30.5. The van der Waals surface area contributed by atoms with E-state index in [0.29, 0.717) is 22.5 Å². The molecule has 10 aromatic carbocycles. The van der Waals surface area contributed by atoms with Crippen molar-refractivity contribution < 1.29 is 81.8 Å². The largest absolute Gasteiger partial charge is 0.507 e. The molecule has 460 valence electrons. The van der Waals surface area contributed by atoms with Crippen molar-refractivity contribution in [1.29, 1.82) is 0 Å². The maximum absolute atomic E-state index is 12.9. The van der Waals surface area contributed by atoms with Crippen LogP contribution >= 0.6 is 0 Å². The second kappa shape index (κ2) is 24.6. The number of phenolic OH excluding ortho intramolecular Hbond substituents is 4. The Kier molecular flexibility index (Phi) is 17.1.